The van der Waals surface area contributed by atoms with Crippen LogP contribution in [0.3, 0.4) is 0 Å². The predicted octanol–water partition coefficient (Wildman–Crippen LogP) is 2.08. The zero-order chi connectivity index (χ0) is 13.7. The van der Waals surface area contributed by atoms with Gasteiger partial charge in [0.1, 0.15) is 11.9 Å². The lowest BCUT2D eigenvalue weighted by molar-refractivity contribution is -0.140. The van der Waals surface area contributed by atoms with Gasteiger partial charge in [0.25, 0.3) is 0 Å². The fourth-order valence-electron chi connectivity index (χ4n) is 2.30. The van der Waals surface area contributed by atoms with Gasteiger partial charge in [-0.1, -0.05) is 12.1 Å². The van der Waals surface area contributed by atoms with Crippen LogP contribution in [0.2, 0.25) is 0 Å². The maximum absolute atomic E-state index is 11.0. The van der Waals surface area contributed by atoms with Gasteiger partial charge in [0.2, 0.25) is 0 Å². The van der Waals surface area contributed by atoms with Crippen LogP contribution < -0.4 is 4.74 Å². The van der Waals surface area contributed by atoms with Crippen LogP contribution in [0.5, 0.6) is 5.75 Å². The van der Waals surface area contributed by atoms with Crippen molar-refractivity contribution >= 4 is 5.97 Å². The lowest BCUT2D eigenvalue weighted by Crippen LogP contribution is -2.13. The molecule has 0 saturated heterocycles. The lowest BCUT2D eigenvalue weighted by atomic mass is 10.1. The van der Waals surface area contributed by atoms with Gasteiger partial charge in [0.05, 0.1) is 13.2 Å². The molecule has 2 unspecified atom stereocenters. The predicted molar refractivity (Wildman–Crippen MR) is 71.1 cm³/mol. The minimum absolute atomic E-state index is 0.121. The average Bonchev–Trinajstić information content (AvgIpc) is 2.83. The molecule has 1 aliphatic rings. The number of hydrogen-bond acceptors (Lipinski definition) is 4. The van der Waals surface area contributed by atoms with Crippen molar-refractivity contribution in [2.75, 3.05) is 7.11 Å². The van der Waals surface area contributed by atoms with Crippen LogP contribution >= 0.6 is 0 Å². The van der Waals surface area contributed by atoms with Crippen molar-refractivity contribution in [1.29, 1.82) is 0 Å². The highest BCUT2D eigenvalue weighted by Crippen LogP contribution is 2.24. The SMILES string of the molecule is COC(=O)CCc1ccc(OC2CCC(O)C2)cc1. The molecule has 0 aromatic heterocycles. The molecule has 2 atom stereocenters. The summed E-state index contributed by atoms with van der Waals surface area (Å²) in [6.07, 6.45) is 3.41. The third-order valence-corrected chi connectivity index (χ3v) is 3.43. The summed E-state index contributed by atoms with van der Waals surface area (Å²) in [6, 6.07) is 7.75. The molecule has 0 bridgehead atoms. The lowest BCUT2D eigenvalue weighted by Gasteiger charge is -2.13. The van der Waals surface area contributed by atoms with E-state index in [0.717, 1.165) is 24.2 Å². The number of carbonyl (C=O) groups is 1. The third-order valence-electron chi connectivity index (χ3n) is 3.43. The first-order chi connectivity index (χ1) is 9.17. The summed E-state index contributed by atoms with van der Waals surface area (Å²) in [5.74, 6) is 0.626. The van der Waals surface area contributed by atoms with E-state index in [1.165, 1.54) is 7.11 Å². The van der Waals surface area contributed by atoms with Crippen molar-refractivity contribution in [3.05, 3.63) is 29.8 Å². The molecule has 1 aromatic rings. The second kappa shape index (κ2) is 6.57. The van der Waals surface area contributed by atoms with Crippen molar-refractivity contribution in [1.82, 2.24) is 0 Å². The fraction of sp³-hybridized carbons (Fsp3) is 0.533. The second-order valence-electron chi connectivity index (χ2n) is 4.93. The number of aliphatic hydroxyl groups is 1. The van der Waals surface area contributed by atoms with E-state index >= 15 is 0 Å². The summed E-state index contributed by atoms with van der Waals surface area (Å²) in [4.78, 5) is 11.0. The van der Waals surface area contributed by atoms with Gasteiger partial charge in [-0.05, 0) is 37.0 Å². The maximum Gasteiger partial charge on any atom is 0.305 e. The van der Waals surface area contributed by atoms with E-state index in [1.54, 1.807) is 0 Å². The summed E-state index contributed by atoms with van der Waals surface area (Å²) in [5, 5.41) is 9.44. The zero-order valence-electron chi connectivity index (χ0n) is 11.2. The number of methoxy groups -OCH3 is 1. The Hall–Kier alpha value is -1.55. The fourth-order valence-corrected chi connectivity index (χ4v) is 2.30. The van der Waals surface area contributed by atoms with Crippen LogP contribution in [0.25, 0.3) is 0 Å². The van der Waals surface area contributed by atoms with Gasteiger partial charge >= 0.3 is 5.97 Å². The molecule has 0 radical (unpaired) electrons. The Bertz CT molecular complexity index is 413. The molecule has 0 heterocycles. The van der Waals surface area contributed by atoms with Crippen LogP contribution in [-0.2, 0) is 16.0 Å². The van der Waals surface area contributed by atoms with Crippen molar-refractivity contribution in [2.24, 2.45) is 0 Å². The normalized spacial score (nSPS) is 22.2. The van der Waals surface area contributed by atoms with Crippen molar-refractivity contribution in [3.63, 3.8) is 0 Å². The number of esters is 1. The first kappa shape index (κ1) is 13.9. The zero-order valence-corrected chi connectivity index (χ0v) is 11.2. The van der Waals surface area contributed by atoms with Crippen LogP contribution in [-0.4, -0.2) is 30.4 Å². The van der Waals surface area contributed by atoms with E-state index in [2.05, 4.69) is 4.74 Å². The average molecular weight is 264 g/mol. The number of carbonyl (C=O) groups excluding carboxylic acids is 1. The van der Waals surface area contributed by atoms with E-state index in [1.807, 2.05) is 24.3 Å². The Morgan fingerprint density at radius 1 is 1.32 bits per heavy atom. The van der Waals surface area contributed by atoms with Crippen molar-refractivity contribution in [2.45, 2.75) is 44.3 Å². The third kappa shape index (κ3) is 4.24. The number of aliphatic hydroxyl groups excluding tert-OH is 1. The second-order valence-corrected chi connectivity index (χ2v) is 4.93. The van der Waals surface area contributed by atoms with Crippen LogP contribution in [0.1, 0.15) is 31.2 Å². The molecular weight excluding hydrogens is 244 g/mol. The largest absolute Gasteiger partial charge is 0.490 e. The molecule has 1 saturated carbocycles. The van der Waals surface area contributed by atoms with Crippen LogP contribution in [0.15, 0.2) is 24.3 Å². The van der Waals surface area contributed by atoms with Crippen molar-refractivity contribution in [3.8, 4) is 5.75 Å². The van der Waals surface area contributed by atoms with E-state index < -0.39 is 0 Å². The Morgan fingerprint density at radius 2 is 2.05 bits per heavy atom. The van der Waals surface area contributed by atoms with Gasteiger partial charge in [-0.2, -0.15) is 0 Å². The molecule has 0 amide bonds. The highest BCUT2D eigenvalue weighted by molar-refractivity contribution is 5.69. The number of hydrogen-bond donors (Lipinski definition) is 1. The highest BCUT2D eigenvalue weighted by Gasteiger charge is 2.24. The van der Waals surface area contributed by atoms with Crippen molar-refractivity contribution < 1.29 is 19.4 Å². The summed E-state index contributed by atoms with van der Waals surface area (Å²) < 4.78 is 10.4. The van der Waals surface area contributed by atoms with E-state index in [-0.39, 0.29) is 18.2 Å². The van der Waals surface area contributed by atoms with Gasteiger partial charge in [0, 0.05) is 12.8 Å². The van der Waals surface area contributed by atoms with Crippen LogP contribution in [0.4, 0.5) is 0 Å². The summed E-state index contributed by atoms with van der Waals surface area (Å²) in [6.45, 7) is 0. The quantitative estimate of drug-likeness (QED) is 0.827. The van der Waals surface area contributed by atoms with E-state index in [0.29, 0.717) is 19.3 Å². The first-order valence-electron chi connectivity index (χ1n) is 6.68. The smallest absolute Gasteiger partial charge is 0.305 e. The molecular formula is C15H20O4. The van der Waals surface area contributed by atoms with E-state index in [9.17, 15) is 9.90 Å². The topological polar surface area (TPSA) is 55.8 Å². The molecule has 1 N–H and O–H groups in total. The Morgan fingerprint density at radius 3 is 2.63 bits per heavy atom. The maximum atomic E-state index is 11.0. The minimum Gasteiger partial charge on any atom is -0.490 e. The van der Waals surface area contributed by atoms with Gasteiger partial charge < -0.3 is 14.6 Å². The number of rotatable bonds is 5. The monoisotopic (exact) mass is 264 g/mol. The van der Waals surface area contributed by atoms with Gasteiger partial charge in [0.15, 0.2) is 0 Å². The Balaban J connectivity index is 1.82. The standard InChI is InChI=1S/C15H20O4/c1-18-15(17)9-4-11-2-6-13(7-3-11)19-14-8-5-12(16)10-14/h2-3,6-7,12,14,16H,4-5,8-10H2,1H3. The number of aryl methyl sites for hydroxylation is 1. The highest BCUT2D eigenvalue weighted by atomic mass is 16.5. The molecule has 0 spiro atoms. The van der Waals surface area contributed by atoms with Gasteiger partial charge in [-0.3, -0.25) is 4.79 Å². The molecule has 104 valence electrons. The summed E-state index contributed by atoms with van der Waals surface area (Å²) in [5.41, 5.74) is 1.09. The Kier molecular flexibility index (Phi) is 4.80. The number of benzene rings is 1. The molecule has 1 aliphatic carbocycles. The van der Waals surface area contributed by atoms with Gasteiger partial charge in [-0.25, -0.2) is 0 Å². The van der Waals surface area contributed by atoms with Crippen LogP contribution in [0, 0.1) is 0 Å². The van der Waals surface area contributed by atoms with Gasteiger partial charge in [-0.15, -0.1) is 0 Å². The summed E-state index contributed by atoms with van der Waals surface area (Å²) in [7, 11) is 1.40. The molecule has 2 rings (SSSR count). The Labute approximate surface area is 113 Å². The molecule has 4 nitrogen and oxygen atoms in total. The summed E-state index contributed by atoms with van der Waals surface area (Å²) >= 11 is 0. The number of ether oxygens (including phenoxy) is 2. The van der Waals surface area contributed by atoms with E-state index in [4.69, 9.17) is 4.74 Å². The molecule has 19 heavy (non-hydrogen) atoms. The molecule has 1 aromatic carbocycles. The molecule has 1 fully saturated rings. The minimum atomic E-state index is -0.218. The molecule has 4 heteroatoms. The first-order valence-corrected chi connectivity index (χ1v) is 6.68. The molecule has 0 aliphatic heterocycles.